The first kappa shape index (κ1) is 32.2. The maximum Gasteiger partial charge on any atom is 0.311 e. The smallest absolute Gasteiger partial charge is 0.311 e. The molecule has 0 radical (unpaired) electrons. The van der Waals surface area contributed by atoms with Crippen LogP contribution in [0, 0.1) is 6.92 Å². The van der Waals surface area contributed by atoms with Gasteiger partial charge in [0.25, 0.3) is 0 Å². The van der Waals surface area contributed by atoms with E-state index in [2.05, 4.69) is 6.92 Å². The van der Waals surface area contributed by atoms with Crippen molar-refractivity contribution in [3.8, 4) is 5.75 Å². The molecule has 1 aromatic rings. The van der Waals surface area contributed by atoms with E-state index in [1.54, 1.807) is 0 Å². The maximum absolute atomic E-state index is 11.9. The third kappa shape index (κ3) is 20.4. The van der Waals surface area contributed by atoms with Gasteiger partial charge in [0.05, 0.1) is 6.61 Å². The minimum Gasteiger partial charge on any atom is -0.466 e. The predicted octanol–water partition coefficient (Wildman–Crippen LogP) is 9.66. The maximum atomic E-state index is 11.9. The van der Waals surface area contributed by atoms with Gasteiger partial charge in [-0.25, -0.2) is 0 Å². The molecule has 0 aromatic heterocycles. The van der Waals surface area contributed by atoms with E-state index in [9.17, 15) is 9.59 Å². The molecule has 4 heteroatoms. The molecular weight excluding hydrogens is 448 g/mol. The van der Waals surface area contributed by atoms with Crippen molar-refractivity contribution < 1.29 is 19.1 Å². The van der Waals surface area contributed by atoms with E-state index in [1.165, 1.54) is 77.0 Å². The van der Waals surface area contributed by atoms with Crippen LogP contribution in [-0.4, -0.2) is 18.5 Å². The highest BCUT2D eigenvalue weighted by Crippen LogP contribution is 2.15. The molecule has 0 fully saturated rings. The second kappa shape index (κ2) is 23.6. The van der Waals surface area contributed by atoms with Gasteiger partial charge in [0, 0.05) is 12.8 Å². The number of aryl methyl sites for hydroxylation is 1. The van der Waals surface area contributed by atoms with E-state index in [-0.39, 0.29) is 11.9 Å². The van der Waals surface area contributed by atoms with Crippen LogP contribution in [0.4, 0.5) is 0 Å². The molecular formula is C32H54O4. The van der Waals surface area contributed by atoms with Gasteiger partial charge in [-0.2, -0.15) is 0 Å². The summed E-state index contributed by atoms with van der Waals surface area (Å²) in [5, 5.41) is 0. The zero-order valence-electron chi connectivity index (χ0n) is 23.5. The van der Waals surface area contributed by atoms with Crippen molar-refractivity contribution in [2.75, 3.05) is 6.61 Å². The highest BCUT2D eigenvalue weighted by molar-refractivity contribution is 5.72. The number of esters is 2. The number of benzene rings is 1. The first-order valence-electron chi connectivity index (χ1n) is 15.0. The van der Waals surface area contributed by atoms with Crippen LogP contribution >= 0.6 is 0 Å². The first-order chi connectivity index (χ1) is 17.6. The van der Waals surface area contributed by atoms with E-state index < -0.39 is 0 Å². The lowest BCUT2D eigenvalue weighted by Crippen LogP contribution is -2.07. The highest BCUT2D eigenvalue weighted by atomic mass is 16.5. The standard InChI is InChI=1S/C32H54O4/c1-3-4-5-6-7-8-9-10-11-12-15-18-21-27-35-31(33)25-19-16-13-14-17-20-26-32(34)36-30-24-22-23-29(2)28-30/h22-24,28H,3-21,25-27H2,1-2H3. The minimum absolute atomic E-state index is 0.0483. The lowest BCUT2D eigenvalue weighted by molar-refractivity contribution is -0.144. The molecule has 0 aliphatic carbocycles. The third-order valence-corrected chi connectivity index (χ3v) is 6.74. The molecule has 1 aromatic carbocycles. The van der Waals surface area contributed by atoms with Crippen molar-refractivity contribution in [1.29, 1.82) is 0 Å². The van der Waals surface area contributed by atoms with Gasteiger partial charge in [-0.1, -0.05) is 122 Å². The molecule has 0 saturated heterocycles. The molecule has 1 rings (SSSR count). The molecule has 0 aliphatic heterocycles. The molecule has 0 atom stereocenters. The number of hydrogen-bond donors (Lipinski definition) is 0. The lowest BCUT2D eigenvalue weighted by Gasteiger charge is -2.06. The largest absolute Gasteiger partial charge is 0.466 e. The first-order valence-corrected chi connectivity index (χ1v) is 15.0. The molecule has 0 saturated carbocycles. The van der Waals surface area contributed by atoms with Crippen molar-refractivity contribution in [2.45, 2.75) is 149 Å². The molecule has 206 valence electrons. The number of carbonyl (C=O) groups excluding carboxylic acids is 2. The SMILES string of the molecule is CCCCCCCCCCCCCCCOC(=O)CCCCCCCCC(=O)Oc1cccc(C)c1. The summed E-state index contributed by atoms with van der Waals surface area (Å²) in [5.74, 6) is 0.417. The number of carbonyl (C=O) groups is 2. The van der Waals surface area contributed by atoms with Crippen LogP contribution in [-0.2, 0) is 14.3 Å². The van der Waals surface area contributed by atoms with Gasteiger partial charge in [0.15, 0.2) is 0 Å². The van der Waals surface area contributed by atoms with E-state index in [0.717, 1.165) is 50.5 Å². The second-order valence-corrected chi connectivity index (χ2v) is 10.4. The van der Waals surface area contributed by atoms with Crippen molar-refractivity contribution in [3.63, 3.8) is 0 Å². The average Bonchev–Trinajstić information content (AvgIpc) is 2.86. The summed E-state index contributed by atoms with van der Waals surface area (Å²) in [6.07, 6.45) is 24.2. The Bertz CT molecular complexity index is 670. The zero-order chi connectivity index (χ0) is 26.1. The average molecular weight is 503 g/mol. The Morgan fingerprint density at radius 3 is 1.61 bits per heavy atom. The zero-order valence-corrected chi connectivity index (χ0v) is 23.5. The highest BCUT2D eigenvalue weighted by Gasteiger charge is 2.06. The van der Waals surface area contributed by atoms with E-state index in [1.807, 2.05) is 31.2 Å². The van der Waals surface area contributed by atoms with Gasteiger partial charge in [-0.05, 0) is 43.9 Å². The van der Waals surface area contributed by atoms with Crippen molar-refractivity contribution in [1.82, 2.24) is 0 Å². The van der Waals surface area contributed by atoms with Crippen LogP contribution < -0.4 is 4.74 Å². The monoisotopic (exact) mass is 502 g/mol. The molecule has 0 aliphatic rings. The number of rotatable bonds is 24. The molecule has 0 N–H and O–H groups in total. The van der Waals surface area contributed by atoms with Gasteiger partial charge in [-0.15, -0.1) is 0 Å². The van der Waals surface area contributed by atoms with E-state index >= 15 is 0 Å². The summed E-state index contributed by atoms with van der Waals surface area (Å²) in [5.41, 5.74) is 1.09. The van der Waals surface area contributed by atoms with Gasteiger partial charge < -0.3 is 9.47 Å². The van der Waals surface area contributed by atoms with Gasteiger partial charge >= 0.3 is 11.9 Å². The lowest BCUT2D eigenvalue weighted by atomic mass is 10.0. The predicted molar refractivity (Wildman–Crippen MR) is 150 cm³/mol. The molecule has 0 spiro atoms. The normalized spacial score (nSPS) is 10.9. The summed E-state index contributed by atoms with van der Waals surface area (Å²) < 4.78 is 10.7. The Balaban J connectivity index is 1.79. The summed E-state index contributed by atoms with van der Waals surface area (Å²) >= 11 is 0. The topological polar surface area (TPSA) is 52.6 Å². The molecule has 0 amide bonds. The van der Waals surface area contributed by atoms with Crippen LogP contribution in [0.2, 0.25) is 0 Å². The number of hydrogen-bond acceptors (Lipinski definition) is 4. The number of unbranched alkanes of at least 4 members (excludes halogenated alkanes) is 17. The van der Waals surface area contributed by atoms with Gasteiger partial charge in [0.1, 0.15) is 5.75 Å². The van der Waals surface area contributed by atoms with Crippen LogP contribution in [0.15, 0.2) is 24.3 Å². The van der Waals surface area contributed by atoms with Crippen LogP contribution in [0.25, 0.3) is 0 Å². The van der Waals surface area contributed by atoms with Crippen molar-refractivity contribution in [2.24, 2.45) is 0 Å². The quantitative estimate of drug-likeness (QED) is 0.0802. The Hall–Kier alpha value is -1.84. The third-order valence-electron chi connectivity index (χ3n) is 6.74. The summed E-state index contributed by atoms with van der Waals surface area (Å²) in [6, 6.07) is 7.57. The fourth-order valence-corrected chi connectivity index (χ4v) is 4.49. The Morgan fingerprint density at radius 1 is 0.611 bits per heavy atom. The summed E-state index contributed by atoms with van der Waals surface area (Å²) in [4.78, 5) is 23.8. The van der Waals surface area contributed by atoms with Crippen LogP contribution in [0.1, 0.15) is 147 Å². The van der Waals surface area contributed by atoms with Crippen molar-refractivity contribution in [3.05, 3.63) is 29.8 Å². The molecule has 0 bridgehead atoms. The van der Waals surface area contributed by atoms with Crippen LogP contribution in [0.5, 0.6) is 5.75 Å². The Kier molecular flexibility index (Phi) is 21.1. The number of ether oxygens (including phenoxy) is 2. The second-order valence-electron chi connectivity index (χ2n) is 10.4. The summed E-state index contributed by atoms with van der Waals surface area (Å²) in [7, 11) is 0. The molecule has 36 heavy (non-hydrogen) atoms. The van der Waals surface area contributed by atoms with Gasteiger partial charge in [-0.3, -0.25) is 9.59 Å². The van der Waals surface area contributed by atoms with Crippen molar-refractivity contribution >= 4 is 11.9 Å². The van der Waals surface area contributed by atoms with Gasteiger partial charge in [0.2, 0.25) is 0 Å². The van der Waals surface area contributed by atoms with E-state index in [4.69, 9.17) is 9.47 Å². The Morgan fingerprint density at radius 2 is 1.08 bits per heavy atom. The molecule has 0 unspecified atom stereocenters. The fourth-order valence-electron chi connectivity index (χ4n) is 4.49. The van der Waals surface area contributed by atoms with E-state index in [0.29, 0.717) is 25.2 Å². The molecule has 4 nitrogen and oxygen atoms in total. The Labute approximate surface area is 221 Å². The minimum atomic E-state index is -0.160. The van der Waals surface area contributed by atoms with Crippen LogP contribution in [0.3, 0.4) is 0 Å². The molecule has 0 heterocycles. The fraction of sp³-hybridized carbons (Fsp3) is 0.750. The summed E-state index contributed by atoms with van der Waals surface area (Å²) in [6.45, 7) is 4.83.